The van der Waals surface area contributed by atoms with Gasteiger partial charge in [-0.2, -0.15) is 15.0 Å². The summed E-state index contributed by atoms with van der Waals surface area (Å²) in [6, 6.07) is 18.2. The Kier molecular flexibility index (Phi) is 7.49. The second-order valence-electron chi connectivity index (χ2n) is 7.57. The number of carbonyl (C=O) groups excluding carboxylic acids is 1. The quantitative estimate of drug-likeness (QED) is 0.256. The number of carbonyl (C=O) groups is 1. The lowest BCUT2D eigenvalue weighted by atomic mass is 10.2. The summed E-state index contributed by atoms with van der Waals surface area (Å²) >= 11 is 0. The molecule has 0 bridgehead atoms. The van der Waals surface area contributed by atoms with E-state index in [2.05, 4.69) is 36.2 Å². The van der Waals surface area contributed by atoms with E-state index in [1.165, 1.54) is 31.4 Å². The lowest BCUT2D eigenvalue weighted by Crippen LogP contribution is -2.32. The third-order valence-electron chi connectivity index (χ3n) is 4.98. The molecule has 1 amide bonds. The fourth-order valence-corrected chi connectivity index (χ4v) is 3.17. The van der Waals surface area contributed by atoms with Gasteiger partial charge in [-0.3, -0.25) is 4.79 Å². The van der Waals surface area contributed by atoms with Crippen LogP contribution in [0.1, 0.15) is 6.92 Å². The number of halogens is 2. The highest BCUT2D eigenvalue weighted by atomic mass is 19.1. The number of methoxy groups -OCH3 is 1. The minimum absolute atomic E-state index is 0.00496. The minimum Gasteiger partial charge on any atom is -0.495 e. The van der Waals surface area contributed by atoms with Gasteiger partial charge in [0.05, 0.1) is 24.2 Å². The van der Waals surface area contributed by atoms with Gasteiger partial charge in [-0.15, -0.1) is 0 Å². The number of hydrogen-bond acceptors (Lipinski definition) is 8. The van der Waals surface area contributed by atoms with E-state index in [1.807, 2.05) is 0 Å². The highest BCUT2D eigenvalue weighted by Gasteiger charge is 2.18. The van der Waals surface area contributed by atoms with Crippen molar-refractivity contribution in [3.63, 3.8) is 0 Å². The number of ether oxygens (including phenoxy) is 1. The molecule has 0 aliphatic heterocycles. The Morgan fingerprint density at radius 1 is 0.750 bits per heavy atom. The number of benzene rings is 3. The SMILES string of the molecule is COc1ccccc1NC(=O)[C@@H](C)Nc1nc(Nc2ccccc2F)nc(Nc2ccccc2F)n1. The van der Waals surface area contributed by atoms with E-state index < -0.39 is 17.7 Å². The highest BCUT2D eigenvalue weighted by molar-refractivity contribution is 5.97. The van der Waals surface area contributed by atoms with Crippen molar-refractivity contribution in [3.8, 4) is 5.75 Å². The summed E-state index contributed by atoms with van der Waals surface area (Å²) < 4.78 is 33.6. The molecule has 36 heavy (non-hydrogen) atoms. The van der Waals surface area contributed by atoms with E-state index in [9.17, 15) is 13.6 Å². The molecular weight excluding hydrogens is 468 g/mol. The average molecular weight is 492 g/mol. The van der Waals surface area contributed by atoms with Crippen LogP contribution in [0.25, 0.3) is 0 Å². The third kappa shape index (κ3) is 6.00. The maximum absolute atomic E-state index is 14.2. The van der Waals surface area contributed by atoms with Gasteiger partial charge in [0.15, 0.2) is 0 Å². The maximum Gasteiger partial charge on any atom is 0.246 e. The van der Waals surface area contributed by atoms with Crippen LogP contribution in [-0.4, -0.2) is 34.0 Å². The Labute approximate surface area is 206 Å². The molecule has 4 N–H and O–H groups in total. The number of aromatic nitrogens is 3. The first-order valence-corrected chi connectivity index (χ1v) is 10.9. The molecule has 0 saturated heterocycles. The number of amides is 1. The second-order valence-corrected chi connectivity index (χ2v) is 7.57. The molecule has 3 aromatic carbocycles. The second kappa shape index (κ2) is 11.1. The molecule has 0 aliphatic carbocycles. The van der Waals surface area contributed by atoms with Crippen LogP contribution in [0.2, 0.25) is 0 Å². The van der Waals surface area contributed by atoms with Crippen LogP contribution in [0, 0.1) is 11.6 Å². The van der Waals surface area contributed by atoms with Crippen LogP contribution >= 0.6 is 0 Å². The van der Waals surface area contributed by atoms with Gasteiger partial charge < -0.3 is 26.0 Å². The van der Waals surface area contributed by atoms with Gasteiger partial charge in [-0.1, -0.05) is 36.4 Å². The van der Waals surface area contributed by atoms with E-state index >= 15 is 0 Å². The molecular formula is C25H23F2N7O2. The molecule has 0 aliphatic rings. The Morgan fingerprint density at radius 2 is 1.22 bits per heavy atom. The molecule has 1 aromatic heterocycles. The fraction of sp³-hybridized carbons (Fsp3) is 0.120. The summed E-state index contributed by atoms with van der Waals surface area (Å²) in [5.41, 5.74) is 0.764. The molecule has 0 radical (unpaired) electrons. The van der Waals surface area contributed by atoms with E-state index in [4.69, 9.17) is 4.74 Å². The number of rotatable bonds is 9. The topological polar surface area (TPSA) is 113 Å². The Balaban J connectivity index is 1.58. The van der Waals surface area contributed by atoms with E-state index in [0.29, 0.717) is 11.4 Å². The zero-order chi connectivity index (χ0) is 25.5. The Hall–Kier alpha value is -4.80. The number of para-hydroxylation sites is 4. The number of nitrogens with zero attached hydrogens (tertiary/aromatic N) is 3. The molecule has 0 saturated carbocycles. The summed E-state index contributed by atoms with van der Waals surface area (Å²) in [6.45, 7) is 1.61. The van der Waals surface area contributed by atoms with Crippen molar-refractivity contribution in [2.24, 2.45) is 0 Å². The average Bonchev–Trinajstić information content (AvgIpc) is 2.87. The van der Waals surface area contributed by atoms with Gasteiger partial charge in [-0.25, -0.2) is 8.78 Å². The summed E-state index contributed by atoms with van der Waals surface area (Å²) in [5.74, 6) is -0.938. The summed E-state index contributed by atoms with van der Waals surface area (Å²) in [4.78, 5) is 25.5. The van der Waals surface area contributed by atoms with E-state index in [1.54, 1.807) is 55.5 Å². The number of hydrogen-bond donors (Lipinski definition) is 4. The van der Waals surface area contributed by atoms with Crippen LogP contribution in [0.15, 0.2) is 72.8 Å². The van der Waals surface area contributed by atoms with Crippen molar-refractivity contribution in [1.29, 1.82) is 0 Å². The van der Waals surface area contributed by atoms with Crippen LogP contribution in [-0.2, 0) is 4.79 Å². The van der Waals surface area contributed by atoms with Crippen molar-refractivity contribution >= 4 is 40.8 Å². The molecule has 0 fully saturated rings. The molecule has 0 spiro atoms. The maximum atomic E-state index is 14.2. The zero-order valence-electron chi connectivity index (χ0n) is 19.4. The molecule has 9 nitrogen and oxygen atoms in total. The van der Waals surface area contributed by atoms with Gasteiger partial charge in [0.1, 0.15) is 23.4 Å². The van der Waals surface area contributed by atoms with Crippen molar-refractivity contribution < 1.29 is 18.3 Å². The van der Waals surface area contributed by atoms with Gasteiger partial charge >= 0.3 is 0 Å². The van der Waals surface area contributed by atoms with Crippen molar-refractivity contribution in [2.45, 2.75) is 13.0 Å². The van der Waals surface area contributed by atoms with Crippen molar-refractivity contribution in [2.75, 3.05) is 28.4 Å². The first-order valence-electron chi connectivity index (χ1n) is 10.9. The van der Waals surface area contributed by atoms with Gasteiger partial charge in [-0.05, 0) is 43.3 Å². The first kappa shape index (κ1) is 24.3. The minimum atomic E-state index is -0.792. The smallest absolute Gasteiger partial charge is 0.246 e. The predicted molar refractivity (Wildman–Crippen MR) is 134 cm³/mol. The summed E-state index contributed by atoms with van der Waals surface area (Å²) in [6.07, 6.45) is 0. The lowest BCUT2D eigenvalue weighted by molar-refractivity contribution is -0.116. The van der Waals surface area contributed by atoms with Crippen molar-refractivity contribution in [3.05, 3.63) is 84.4 Å². The number of nitrogens with one attached hydrogen (secondary N) is 4. The van der Waals surface area contributed by atoms with Crippen LogP contribution in [0.5, 0.6) is 5.75 Å². The molecule has 184 valence electrons. The van der Waals surface area contributed by atoms with Crippen LogP contribution in [0.4, 0.5) is 43.7 Å². The molecule has 1 atom stereocenters. The van der Waals surface area contributed by atoms with Crippen LogP contribution < -0.4 is 26.0 Å². The Bertz CT molecular complexity index is 1300. The molecule has 0 unspecified atom stereocenters. The highest BCUT2D eigenvalue weighted by Crippen LogP contribution is 2.24. The molecule has 11 heteroatoms. The predicted octanol–water partition coefficient (Wildman–Crippen LogP) is 5.08. The van der Waals surface area contributed by atoms with Crippen molar-refractivity contribution in [1.82, 2.24) is 15.0 Å². The monoisotopic (exact) mass is 491 g/mol. The molecule has 4 aromatic rings. The largest absolute Gasteiger partial charge is 0.495 e. The molecule has 1 heterocycles. The van der Waals surface area contributed by atoms with Gasteiger partial charge in [0.2, 0.25) is 23.8 Å². The standard InChI is InChI=1S/C25H23F2N7O2/c1-15(22(35)29-20-13-7-8-14-21(20)36-2)28-23-32-24(30-18-11-5-3-9-16(18)26)34-25(33-23)31-19-12-6-4-10-17(19)27/h3-15H,1-2H3,(H,29,35)(H3,28,30,31,32,33,34)/t15-/m1/s1. The summed E-state index contributed by atoms with van der Waals surface area (Å²) in [7, 11) is 1.51. The van der Waals surface area contributed by atoms with Crippen LogP contribution in [0.3, 0.4) is 0 Å². The third-order valence-corrected chi connectivity index (χ3v) is 4.98. The van der Waals surface area contributed by atoms with Gasteiger partial charge in [0, 0.05) is 0 Å². The first-order chi connectivity index (χ1) is 17.4. The van der Waals surface area contributed by atoms with E-state index in [0.717, 1.165) is 0 Å². The zero-order valence-corrected chi connectivity index (χ0v) is 19.4. The normalized spacial score (nSPS) is 11.3. The molecule has 4 rings (SSSR count). The lowest BCUT2D eigenvalue weighted by Gasteiger charge is -2.17. The summed E-state index contributed by atoms with van der Waals surface area (Å²) in [5, 5.41) is 11.2. The Morgan fingerprint density at radius 3 is 1.75 bits per heavy atom. The number of anilines is 6. The van der Waals surface area contributed by atoms with E-state index in [-0.39, 0.29) is 35.1 Å². The van der Waals surface area contributed by atoms with Gasteiger partial charge in [0.25, 0.3) is 0 Å². The fourth-order valence-electron chi connectivity index (χ4n) is 3.17.